The SMILES string of the molecule is CCCCCCCCCCCCCCCCC(=O)Nc1ccccc1N1N=C(c2ccc(Cl)cc2)C(Oc2ccc(C)cc2)C1=O. The summed E-state index contributed by atoms with van der Waals surface area (Å²) >= 11 is 6.14. The van der Waals surface area contributed by atoms with E-state index in [0.29, 0.717) is 34.3 Å². The predicted octanol–water partition coefficient (Wildman–Crippen LogP) is 10.7. The fourth-order valence-electron chi connectivity index (χ4n) is 5.76. The lowest BCUT2D eigenvalue weighted by Gasteiger charge is -2.19. The second-order valence-electron chi connectivity index (χ2n) is 12.4. The van der Waals surface area contributed by atoms with Gasteiger partial charge >= 0.3 is 0 Å². The molecule has 7 heteroatoms. The Morgan fingerprint density at radius 2 is 1.35 bits per heavy atom. The van der Waals surface area contributed by atoms with Crippen molar-refractivity contribution in [1.82, 2.24) is 0 Å². The van der Waals surface area contributed by atoms with Gasteiger partial charge in [-0.2, -0.15) is 10.1 Å². The summed E-state index contributed by atoms with van der Waals surface area (Å²) in [5, 5.41) is 9.68. The van der Waals surface area contributed by atoms with Gasteiger partial charge in [0, 0.05) is 17.0 Å². The molecule has 1 aliphatic rings. The number of para-hydroxylation sites is 2. The third kappa shape index (κ3) is 11.0. The summed E-state index contributed by atoms with van der Waals surface area (Å²) in [5.41, 5.74) is 3.35. The van der Waals surface area contributed by atoms with Gasteiger partial charge in [-0.1, -0.05) is 144 Å². The smallest absolute Gasteiger partial charge is 0.294 e. The number of halogens is 1. The molecule has 3 aromatic rings. The van der Waals surface area contributed by atoms with E-state index in [2.05, 4.69) is 12.2 Å². The lowest BCUT2D eigenvalue weighted by molar-refractivity contribution is -0.122. The van der Waals surface area contributed by atoms with E-state index in [4.69, 9.17) is 21.4 Å². The number of hydrazone groups is 1. The number of unbranched alkanes of at least 4 members (excludes halogenated alkanes) is 13. The van der Waals surface area contributed by atoms with Crippen LogP contribution in [0.2, 0.25) is 5.02 Å². The number of hydrogen-bond donors (Lipinski definition) is 1. The fraction of sp³-hybridized carbons (Fsp3) is 0.462. The van der Waals surface area contributed by atoms with Gasteiger partial charge in [0.2, 0.25) is 12.0 Å². The van der Waals surface area contributed by atoms with Crippen LogP contribution in [0.4, 0.5) is 11.4 Å². The highest BCUT2D eigenvalue weighted by Crippen LogP contribution is 2.32. The molecule has 1 heterocycles. The van der Waals surface area contributed by atoms with Crippen LogP contribution in [0, 0.1) is 6.92 Å². The van der Waals surface area contributed by atoms with Crippen LogP contribution in [0.1, 0.15) is 114 Å². The molecule has 0 saturated heterocycles. The molecule has 0 bridgehead atoms. The fourth-order valence-corrected chi connectivity index (χ4v) is 5.88. The molecule has 246 valence electrons. The zero-order valence-corrected chi connectivity index (χ0v) is 28.4. The Morgan fingerprint density at radius 3 is 1.96 bits per heavy atom. The summed E-state index contributed by atoms with van der Waals surface area (Å²) in [7, 11) is 0. The molecule has 0 fully saturated rings. The monoisotopic (exact) mass is 643 g/mol. The molecule has 46 heavy (non-hydrogen) atoms. The third-order valence-electron chi connectivity index (χ3n) is 8.47. The average Bonchev–Trinajstić information content (AvgIpc) is 3.38. The van der Waals surface area contributed by atoms with E-state index < -0.39 is 6.10 Å². The summed E-state index contributed by atoms with van der Waals surface area (Å²) in [4.78, 5) is 26.8. The Morgan fingerprint density at radius 1 is 0.783 bits per heavy atom. The van der Waals surface area contributed by atoms with E-state index in [1.807, 2.05) is 55.5 Å². The number of carbonyl (C=O) groups is 2. The van der Waals surface area contributed by atoms with Crippen LogP contribution in [-0.2, 0) is 9.59 Å². The Kier molecular flexibility index (Phi) is 14.6. The molecule has 3 aromatic carbocycles. The summed E-state index contributed by atoms with van der Waals surface area (Å²) < 4.78 is 6.20. The minimum absolute atomic E-state index is 0.0626. The molecule has 0 radical (unpaired) electrons. The van der Waals surface area contributed by atoms with Crippen LogP contribution in [0.15, 0.2) is 77.9 Å². The van der Waals surface area contributed by atoms with Gasteiger partial charge < -0.3 is 10.1 Å². The molecule has 1 N–H and O–H groups in total. The maximum atomic E-state index is 13.8. The Bertz CT molecular complexity index is 1400. The van der Waals surface area contributed by atoms with Gasteiger partial charge in [-0.25, -0.2) is 0 Å². The molecule has 1 atom stereocenters. The van der Waals surface area contributed by atoms with Crippen LogP contribution < -0.4 is 15.1 Å². The van der Waals surface area contributed by atoms with E-state index in [9.17, 15) is 9.59 Å². The highest BCUT2D eigenvalue weighted by molar-refractivity contribution is 6.31. The van der Waals surface area contributed by atoms with E-state index in [1.54, 1.807) is 24.3 Å². The summed E-state index contributed by atoms with van der Waals surface area (Å²) in [6.07, 6.45) is 17.3. The number of benzene rings is 3. The largest absolute Gasteiger partial charge is 0.474 e. The van der Waals surface area contributed by atoms with Crippen molar-refractivity contribution >= 4 is 40.5 Å². The quantitative estimate of drug-likeness (QED) is 0.125. The maximum Gasteiger partial charge on any atom is 0.294 e. The first-order valence-electron chi connectivity index (χ1n) is 17.3. The van der Waals surface area contributed by atoms with Crippen LogP contribution >= 0.6 is 11.6 Å². The number of hydrogen-bond acceptors (Lipinski definition) is 4. The first kappa shape index (κ1) is 35.2. The molecule has 0 aromatic heterocycles. The van der Waals surface area contributed by atoms with Crippen molar-refractivity contribution in [3.63, 3.8) is 0 Å². The number of rotatable bonds is 20. The predicted molar refractivity (Wildman–Crippen MR) is 191 cm³/mol. The van der Waals surface area contributed by atoms with Crippen molar-refractivity contribution in [3.8, 4) is 5.75 Å². The third-order valence-corrected chi connectivity index (χ3v) is 8.72. The molecule has 0 spiro atoms. The number of ether oxygens (including phenoxy) is 1. The number of aryl methyl sites for hydroxylation is 1. The topological polar surface area (TPSA) is 71.0 Å². The normalized spacial score (nSPS) is 14.4. The van der Waals surface area contributed by atoms with Gasteiger partial charge in [-0.05, 0) is 49.7 Å². The summed E-state index contributed by atoms with van der Waals surface area (Å²) in [5.74, 6) is 0.175. The van der Waals surface area contributed by atoms with Gasteiger partial charge in [0.1, 0.15) is 11.5 Å². The zero-order chi connectivity index (χ0) is 32.6. The van der Waals surface area contributed by atoms with Crippen molar-refractivity contribution < 1.29 is 14.3 Å². The standard InChI is InChI=1S/C39H50ClN3O3/c1-3-4-5-6-7-8-9-10-11-12-13-14-15-16-21-36(44)41-34-19-17-18-20-35(34)43-39(45)38(46-33-28-22-30(2)23-29-33)37(42-43)31-24-26-32(40)27-25-31/h17-20,22-29,38H,3-16,21H2,1-2H3,(H,41,44). The van der Waals surface area contributed by atoms with Crippen LogP contribution in [0.25, 0.3) is 0 Å². The van der Waals surface area contributed by atoms with Gasteiger partial charge in [0.15, 0.2) is 0 Å². The lowest BCUT2D eigenvalue weighted by atomic mass is 10.0. The van der Waals surface area contributed by atoms with Crippen molar-refractivity contribution in [1.29, 1.82) is 0 Å². The Balaban J connectivity index is 1.27. The first-order valence-corrected chi connectivity index (χ1v) is 17.6. The lowest BCUT2D eigenvalue weighted by Crippen LogP contribution is -2.37. The Hall–Kier alpha value is -3.64. The minimum atomic E-state index is -0.955. The summed E-state index contributed by atoms with van der Waals surface area (Å²) in [6, 6.07) is 22.0. The van der Waals surface area contributed by atoms with Crippen LogP contribution in [-0.4, -0.2) is 23.6 Å². The molecule has 0 saturated carbocycles. The van der Waals surface area contributed by atoms with Gasteiger partial charge in [-0.3, -0.25) is 9.59 Å². The molecule has 6 nitrogen and oxygen atoms in total. The second kappa shape index (κ2) is 19.1. The van der Waals surface area contributed by atoms with Gasteiger partial charge in [0.05, 0.1) is 11.4 Å². The second-order valence-corrected chi connectivity index (χ2v) is 12.8. The van der Waals surface area contributed by atoms with Crippen molar-refractivity contribution in [2.75, 3.05) is 10.3 Å². The molecular formula is C39H50ClN3O3. The van der Waals surface area contributed by atoms with Crippen LogP contribution in [0.3, 0.4) is 0 Å². The first-order chi connectivity index (χ1) is 22.5. The average molecular weight is 644 g/mol. The van der Waals surface area contributed by atoms with Crippen molar-refractivity contribution in [2.24, 2.45) is 5.10 Å². The van der Waals surface area contributed by atoms with Crippen molar-refractivity contribution in [2.45, 2.75) is 116 Å². The van der Waals surface area contributed by atoms with Crippen molar-refractivity contribution in [3.05, 3.63) is 88.9 Å². The van der Waals surface area contributed by atoms with E-state index in [0.717, 1.165) is 30.4 Å². The number of nitrogens with zero attached hydrogens (tertiary/aromatic N) is 2. The van der Waals surface area contributed by atoms with Gasteiger partial charge in [-0.15, -0.1) is 0 Å². The molecule has 0 aliphatic carbocycles. The molecular weight excluding hydrogens is 594 g/mol. The zero-order valence-electron chi connectivity index (χ0n) is 27.6. The molecule has 1 unspecified atom stereocenters. The number of amides is 2. The van der Waals surface area contributed by atoms with E-state index >= 15 is 0 Å². The molecule has 1 aliphatic heterocycles. The van der Waals surface area contributed by atoms with E-state index in [1.165, 1.54) is 75.6 Å². The summed E-state index contributed by atoms with van der Waals surface area (Å²) in [6.45, 7) is 4.26. The Labute approximate surface area is 280 Å². The molecule has 4 rings (SSSR count). The van der Waals surface area contributed by atoms with E-state index in [-0.39, 0.29) is 11.8 Å². The number of anilines is 2. The molecule has 2 amide bonds. The highest BCUT2D eigenvalue weighted by atomic mass is 35.5. The highest BCUT2D eigenvalue weighted by Gasteiger charge is 2.40. The minimum Gasteiger partial charge on any atom is -0.474 e. The maximum absolute atomic E-state index is 13.8. The number of carbonyl (C=O) groups excluding carboxylic acids is 2. The number of nitrogens with one attached hydrogen (secondary N) is 1. The van der Waals surface area contributed by atoms with Gasteiger partial charge in [0.25, 0.3) is 5.91 Å². The van der Waals surface area contributed by atoms with Crippen LogP contribution in [0.5, 0.6) is 5.75 Å².